The number of rotatable bonds is 7. The molecule has 0 aliphatic heterocycles. The van der Waals surface area contributed by atoms with Crippen molar-refractivity contribution in [2.24, 2.45) is 0 Å². The summed E-state index contributed by atoms with van der Waals surface area (Å²) in [5.41, 5.74) is 0.565. The average Bonchev–Trinajstić information content (AvgIpc) is 3.07. The molecule has 0 unspecified atom stereocenters. The van der Waals surface area contributed by atoms with Gasteiger partial charge in [-0.1, -0.05) is 41.7 Å². The number of anilines is 1. The number of benzene rings is 2. The van der Waals surface area contributed by atoms with Crippen LogP contribution in [0.1, 0.15) is 21.8 Å². The number of nitrogens with zero attached hydrogens (tertiary/aromatic N) is 2. The Labute approximate surface area is 158 Å². The average molecular weight is 418 g/mol. The molecule has 25 heavy (non-hydrogen) atoms. The van der Waals surface area contributed by atoms with Crippen molar-refractivity contribution in [2.75, 3.05) is 11.9 Å². The van der Waals surface area contributed by atoms with Crippen molar-refractivity contribution in [3.05, 3.63) is 69.6 Å². The second kappa shape index (κ2) is 8.73. The zero-order valence-electron chi connectivity index (χ0n) is 13.3. The summed E-state index contributed by atoms with van der Waals surface area (Å²) in [6.07, 6.45) is 1.59. The second-order valence-corrected chi connectivity index (χ2v) is 7.12. The van der Waals surface area contributed by atoms with Crippen LogP contribution in [0.3, 0.4) is 0 Å². The molecule has 3 rings (SSSR count). The third kappa shape index (κ3) is 5.11. The molecule has 5 nitrogen and oxygen atoms in total. The lowest BCUT2D eigenvalue weighted by molar-refractivity contribution is 0.102. The molecular weight excluding hydrogens is 402 g/mol. The highest BCUT2D eigenvalue weighted by Gasteiger charge is 2.12. The van der Waals surface area contributed by atoms with Crippen LogP contribution in [0.15, 0.2) is 59.1 Å². The number of hydrogen-bond acceptors (Lipinski definition) is 5. The van der Waals surface area contributed by atoms with E-state index in [0.29, 0.717) is 17.3 Å². The molecule has 0 saturated heterocycles. The molecule has 1 heterocycles. The highest BCUT2D eigenvalue weighted by Crippen LogP contribution is 2.21. The molecule has 128 valence electrons. The molecule has 0 spiro atoms. The number of carbonyl (C=O) groups is 1. The summed E-state index contributed by atoms with van der Waals surface area (Å²) in [5, 5.41) is 12.3. The lowest BCUT2D eigenvalue weighted by Crippen LogP contribution is -2.12. The van der Waals surface area contributed by atoms with Crippen LogP contribution in [-0.4, -0.2) is 22.7 Å². The SMILES string of the molecule is O=C(Nc1nnc(CCCOc2ccccc2)s1)c1ccccc1Br. The van der Waals surface area contributed by atoms with E-state index >= 15 is 0 Å². The minimum absolute atomic E-state index is 0.206. The van der Waals surface area contributed by atoms with Crippen molar-refractivity contribution < 1.29 is 9.53 Å². The predicted octanol–water partition coefficient (Wildman–Crippen LogP) is 4.56. The molecule has 1 amide bonds. The van der Waals surface area contributed by atoms with Crippen LogP contribution in [0.4, 0.5) is 5.13 Å². The number of ether oxygens (including phenoxy) is 1. The van der Waals surface area contributed by atoms with Gasteiger partial charge in [-0.3, -0.25) is 10.1 Å². The van der Waals surface area contributed by atoms with Gasteiger partial charge >= 0.3 is 0 Å². The first-order chi connectivity index (χ1) is 12.2. The molecule has 7 heteroatoms. The van der Waals surface area contributed by atoms with E-state index in [1.54, 1.807) is 6.07 Å². The van der Waals surface area contributed by atoms with Crippen molar-refractivity contribution in [2.45, 2.75) is 12.8 Å². The van der Waals surface area contributed by atoms with Gasteiger partial charge < -0.3 is 4.74 Å². The van der Waals surface area contributed by atoms with Crippen molar-refractivity contribution in [3.8, 4) is 5.75 Å². The molecule has 0 atom stereocenters. The molecule has 1 N–H and O–H groups in total. The maximum atomic E-state index is 12.2. The van der Waals surface area contributed by atoms with Gasteiger partial charge in [-0.2, -0.15) is 0 Å². The van der Waals surface area contributed by atoms with Crippen LogP contribution in [-0.2, 0) is 6.42 Å². The molecule has 2 aromatic carbocycles. The van der Waals surface area contributed by atoms with Crippen LogP contribution < -0.4 is 10.1 Å². The molecule has 0 radical (unpaired) electrons. The van der Waals surface area contributed by atoms with Gasteiger partial charge in [0, 0.05) is 10.9 Å². The fourth-order valence-corrected chi connectivity index (χ4v) is 3.39. The van der Waals surface area contributed by atoms with E-state index in [-0.39, 0.29) is 5.91 Å². The molecule has 0 saturated carbocycles. The monoisotopic (exact) mass is 417 g/mol. The zero-order valence-corrected chi connectivity index (χ0v) is 15.7. The molecular formula is C18H16BrN3O2S. The fraction of sp³-hybridized carbons (Fsp3) is 0.167. The Balaban J connectivity index is 1.47. The van der Waals surface area contributed by atoms with E-state index in [0.717, 1.165) is 28.1 Å². The number of amides is 1. The molecule has 0 fully saturated rings. The van der Waals surface area contributed by atoms with Crippen LogP contribution >= 0.6 is 27.3 Å². The van der Waals surface area contributed by atoms with Gasteiger partial charge in [-0.05, 0) is 46.6 Å². The summed E-state index contributed by atoms with van der Waals surface area (Å²) < 4.78 is 6.40. The first kappa shape index (κ1) is 17.6. The third-order valence-electron chi connectivity index (χ3n) is 3.35. The maximum Gasteiger partial charge on any atom is 0.258 e. The van der Waals surface area contributed by atoms with Crippen molar-refractivity contribution in [3.63, 3.8) is 0 Å². The van der Waals surface area contributed by atoms with Crippen molar-refractivity contribution in [1.82, 2.24) is 10.2 Å². The van der Waals surface area contributed by atoms with E-state index in [1.807, 2.05) is 48.5 Å². The highest BCUT2D eigenvalue weighted by atomic mass is 79.9. The standard InChI is InChI=1S/C18H16BrN3O2S/c19-15-10-5-4-9-14(15)17(23)20-18-22-21-16(25-18)11-6-12-24-13-7-2-1-3-8-13/h1-5,7-10H,6,11-12H2,(H,20,22,23). The third-order valence-corrected chi connectivity index (χ3v) is 4.94. The number of nitrogens with one attached hydrogen (secondary N) is 1. The molecule has 0 aliphatic carbocycles. The van der Waals surface area contributed by atoms with Crippen LogP contribution in [0, 0.1) is 0 Å². The number of hydrogen-bond donors (Lipinski definition) is 1. The van der Waals surface area contributed by atoms with Crippen molar-refractivity contribution in [1.29, 1.82) is 0 Å². The fourth-order valence-electron chi connectivity index (χ4n) is 2.15. The topological polar surface area (TPSA) is 64.1 Å². The smallest absolute Gasteiger partial charge is 0.258 e. The summed E-state index contributed by atoms with van der Waals surface area (Å²) in [5.74, 6) is 0.656. The van der Waals surface area contributed by atoms with Gasteiger partial charge in [0.15, 0.2) is 0 Å². The lowest BCUT2D eigenvalue weighted by Gasteiger charge is -2.04. The van der Waals surface area contributed by atoms with Gasteiger partial charge in [0.2, 0.25) is 5.13 Å². The Hall–Kier alpha value is -2.25. The number of aromatic nitrogens is 2. The number of halogens is 1. The minimum Gasteiger partial charge on any atom is -0.494 e. The predicted molar refractivity (Wildman–Crippen MR) is 102 cm³/mol. The summed E-state index contributed by atoms with van der Waals surface area (Å²) >= 11 is 4.75. The first-order valence-corrected chi connectivity index (χ1v) is 9.39. The summed E-state index contributed by atoms with van der Waals surface area (Å²) in [4.78, 5) is 12.2. The normalized spacial score (nSPS) is 10.4. The Morgan fingerprint density at radius 1 is 1.08 bits per heavy atom. The Morgan fingerprint density at radius 3 is 2.64 bits per heavy atom. The summed E-state index contributed by atoms with van der Waals surface area (Å²) in [7, 11) is 0. The van der Waals surface area contributed by atoms with Gasteiger partial charge in [0.05, 0.1) is 12.2 Å². The Kier molecular flexibility index (Phi) is 6.14. The van der Waals surface area contributed by atoms with E-state index in [1.165, 1.54) is 11.3 Å². The lowest BCUT2D eigenvalue weighted by atomic mass is 10.2. The number of aryl methyl sites for hydroxylation is 1. The summed E-state index contributed by atoms with van der Waals surface area (Å²) in [6.45, 7) is 0.613. The second-order valence-electron chi connectivity index (χ2n) is 5.20. The van der Waals surface area contributed by atoms with Gasteiger partial charge in [-0.15, -0.1) is 10.2 Å². The van der Waals surface area contributed by atoms with E-state index in [9.17, 15) is 4.79 Å². The maximum absolute atomic E-state index is 12.2. The van der Waals surface area contributed by atoms with Gasteiger partial charge in [0.25, 0.3) is 5.91 Å². The first-order valence-electron chi connectivity index (χ1n) is 7.78. The quantitative estimate of drug-likeness (QED) is 0.572. The molecule has 1 aromatic heterocycles. The van der Waals surface area contributed by atoms with E-state index in [2.05, 4.69) is 31.4 Å². The largest absolute Gasteiger partial charge is 0.494 e. The Bertz CT molecular complexity index is 839. The van der Waals surface area contributed by atoms with E-state index in [4.69, 9.17) is 4.74 Å². The minimum atomic E-state index is -0.206. The molecule has 0 aliphatic rings. The molecule has 0 bridgehead atoms. The van der Waals surface area contributed by atoms with Crippen LogP contribution in [0.2, 0.25) is 0 Å². The summed E-state index contributed by atoms with van der Waals surface area (Å²) in [6, 6.07) is 17.0. The van der Waals surface area contributed by atoms with Gasteiger partial charge in [-0.25, -0.2) is 0 Å². The highest BCUT2D eigenvalue weighted by molar-refractivity contribution is 9.10. The zero-order chi connectivity index (χ0) is 17.5. The Morgan fingerprint density at radius 2 is 1.84 bits per heavy atom. The van der Waals surface area contributed by atoms with Crippen molar-refractivity contribution >= 4 is 38.3 Å². The van der Waals surface area contributed by atoms with Crippen LogP contribution in [0.25, 0.3) is 0 Å². The number of para-hydroxylation sites is 1. The van der Waals surface area contributed by atoms with Crippen LogP contribution in [0.5, 0.6) is 5.75 Å². The van der Waals surface area contributed by atoms with E-state index < -0.39 is 0 Å². The molecule has 3 aromatic rings. The number of carbonyl (C=O) groups excluding carboxylic acids is 1. The van der Waals surface area contributed by atoms with Gasteiger partial charge in [0.1, 0.15) is 10.8 Å².